The molecule has 0 bridgehead atoms. The Bertz CT molecular complexity index is 1570. The van der Waals surface area contributed by atoms with Gasteiger partial charge in [-0.05, 0) is 47.3 Å². The maximum Gasteiger partial charge on any atom is 0.253 e. The van der Waals surface area contributed by atoms with Crippen LogP contribution in [0.25, 0.3) is 0 Å². The van der Waals surface area contributed by atoms with Crippen LogP contribution in [0.15, 0.2) is 70.2 Å². The molecule has 1 aliphatic rings. The van der Waals surface area contributed by atoms with E-state index in [1.807, 2.05) is 17.5 Å². The summed E-state index contributed by atoms with van der Waals surface area (Å²) in [6, 6.07) is 14.6. The van der Waals surface area contributed by atoms with E-state index >= 15 is 0 Å². The fraction of sp³-hybridized carbons (Fsp3) is 0.250. The highest BCUT2D eigenvalue weighted by atomic mass is 32.2. The van der Waals surface area contributed by atoms with E-state index in [9.17, 15) is 14.0 Å². The fourth-order valence-electron chi connectivity index (χ4n) is 4.33. The van der Waals surface area contributed by atoms with Crippen molar-refractivity contribution in [1.82, 2.24) is 25.1 Å². The highest BCUT2D eigenvalue weighted by Crippen LogP contribution is 2.35. The maximum absolute atomic E-state index is 13.6. The van der Waals surface area contributed by atoms with Crippen molar-refractivity contribution < 1.29 is 23.5 Å². The highest BCUT2D eigenvalue weighted by Gasteiger charge is 2.33. The van der Waals surface area contributed by atoms with E-state index in [4.69, 9.17) is 9.47 Å². The summed E-state index contributed by atoms with van der Waals surface area (Å²) in [6.07, 6.45) is 0.538. The summed E-state index contributed by atoms with van der Waals surface area (Å²) >= 11 is 2.79. The second kappa shape index (κ2) is 12.5. The van der Waals surface area contributed by atoms with Crippen LogP contribution in [0, 0.1) is 5.82 Å². The number of hydrazone groups is 1. The number of aromatic nitrogens is 3. The van der Waals surface area contributed by atoms with E-state index in [1.54, 1.807) is 53.3 Å². The largest absolute Gasteiger partial charge is 0.493 e. The van der Waals surface area contributed by atoms with E-state index in [0.29, 0.717) is 34.5 Å². The molecule has 2 aromatic heterocycles. The van der Waals surface area contributed by atoms with Crippen LogP contribution in [0.2, 0.25) is 0 Å². The highest BCUT2D eigenvalue weighted by molar-refractivity contribution is 7.99. The predicted octanol–water partition coefficient (Wildman–Crippen LogP) is 4.43. The SMILES string of the molecule is COc1ccc(C(=O)NCc2nnc(SCC(=O)N3N=C(c4cccs4)C[C@H]3c3ccc(F)cc3)n2C)cc1OC. The Morgan fingerprint density at radius 3 is 2.59 bits per heavy atom. The zero-order valence-corrected chi connectivity index (χ0v) is 24.2. The zero-order valence-electron chi connectivity index (χ0n) is 22.5. The molecule has 2 aromatic carbocycles. The van der Waals surface area contributed by atoms with Gasteiger partial charge in [0.25, 0.3) is 11.8 Å². The van der Waals surface area contributed by atoms with Crippen LogP contribution < -0.4 is 14.8 Å². The number of amides is 2. The molecule has 0 spiro atoms. The van der Waals surface area contributed by atoms with Crippen LogP contribution >= 0.6 is 23.1 Å². The third-order valence-electron chi connectivity index (χ3n) is 6.53. The van der Waals surface area contributed by atoms with Gasteiger partial charge in [0.05, 0.1) is 43.1 Å². The van der Waals surface area contributed by atoms with Gasteiger partial charge in [0, 0.05) is 19.0 Å². The first-order valence-corrected chi connectivity index (χ1v) is 14.4. The van der Waals surface area contributed by atoms with E-state index in [-0.39, 0.29) is 36.0 Å². The minimum atomic E-state index is -0.336. The number of nitrogens with zero attached hydrogens (tertiary/aromatic N) is 5. The molecular weight excluding hydrogens is 567 g/mol. The first kappa shape index (κ1) is 28.3. The molecule has 2 amide bonds. The Balaban J connectivity index is 1.23. The number of rotatable bonds is 10. The Hall–Kier alpha value is -4.23. The van der Waals surface area contributed by atoms with Crippen LogP contribution in [0.4, 0.5) is 4.39 Å². The molecule has 0 saturated heterocycles. The van der Waals surface area contributed by atoms with E-state index in [0.717, 1.165) is 16.2 Å². The second-order valence-electron chi connectivity index (χ2n) is 9.03. The summed E-state index contributed by atoms with van der Waals surface area (Å²) < 4.78 is 25.8. The Morgan fingerprint density at radius 1 is 1.10 bits per heavy atom. The molecule has 5 rings (SSSR count). The lowest BCUT2D eigenvalue weighted by Crippen LogP contribution is -2.28. The number of halogens is 1. The lowest BCUT2D eigenvalue weighted by Gasteiger charge is -2.21. The number of carbonyl (C=O) groups is 2. The molecule has 1 atom stereocenters. The molecule has 1 N–H and O–H groups in total. The van der Waals surface area contributed by atoms with Gasteiger partial charge in [0.2, 0.25) is 0 Å². The van der Waals surface area contributed by atoms with Crippen molar-refractivity contribution in [2.75, 3.05) is 20.0 Å². The van der Waals surface area contributed by atoms with Crippen LogP contribution in [0.3, 0.4) is 0 Å². The van der Waals surface area contributed by atoms with Crippen molar-refractivity contribution in [3.63, 3.8) is 0 Å². The Labute approximate surface area is 244 Å². The number of nitrogens with one attached hydrogen (secondary N) is 1. The fourth-order valence-corrected chi connectivity index (χ4v) is 5.84. The molecule has 212 valence electrons. The van der Waals surface area contributed by atoms with Crippen molar-refractivity contribution in [2.24, 2.45) is 12.1 Å². The quantitative estimate of drug-likeness (QED) is 0.271. The van der Waals surface area contributed by atoms with Crippen LogP contribution in [-0.4, -0.2) is 57.3 Å². The van der Waals surface area contributed by atoms with Gasteiger partial charge >= 0.3 is 0 Å². The monoisotopic (exact) mass is 594 g/mol. The molecule has 13 heteroatoms. The number of thioether (sulfide) groups is 1. The zero-order chi connectivity index (χ0) is 28.9. The number of benzene rings is 2. The minimum Gasteiger partial charge on any atom is -0.493 e. The first-order valence-electron chi connectivity index (χ1n) is 12.6. The topological polar surface area (TPSA) is 111 Å². The predicted molar refractivity (Wildman–Crippen MR) is 154 cm³/mol. The van der Waals surface area contributed by atoms with Gasteiger partial charge in [-0.3, -0.25) is 9.59 Å². The van der Waals surface area contributed by atoms with Crippen molar-refractivity contribution in [2.45, 2.75) is 24.2 Å². The average Bonchev–Trinajstić information content (AvgIpc) is 3.75. The molecule has 10 nitrogen and oxygen atoms in total. The summed E-state index contributed by atoms with van der Waals surface area (Å²) in [6.45, 7) is 0.137. The van der Waals surface area contributed by atoms with Crippen molar-refractivity contribution in [3.8, 4) is 11.5 Å². The number of hydrogen-bond donors (Lipinski definition) is 1. The molecular formula is C28H27FN6O4S2. The number of methoxy groups -OCH3 is 2. The molecule has 0 unspecified atom stereocenters. The van der Waals surface area contributed by atoms with Crippen LogP contribution in [0.1, 0.15) is 39.1 Å². The minimum absolute atomic E-state index is 0.0723. The van der Waals surface area contributed by atoms with E-state index < -0.39 is 0 Å². The van der Waals surface area contributed by atoms with Gasteiger partial charge in [0.1, 0.15) is 5.82 Å². The van der Waals surface area contributed by atoms with Crippen molar-refractivity contribution in [3.05, 3.63) is 87.6 Å². The molecule has 0 fully saturated rings. The second-order valence-corrected chi connectivity index (χ2v) is 10.9. The Morgan fingerprint density at radius 2 is 1.88 bits per heavy atom. The van der Waals surface area contributed by atoms with Gasteiger partial charge in [0.15, 0.2) is 22.5 Å². The average molecular weight is 595 g/mol. The Kier molecular flexibility index (Phi) is 8.64. The van der Waals surface area contributed by atoms with Gasteiger partial charge in [-0.1, -0.05) is 30.0 Å². The molecule has 0 radical (unpaired) electrons. The first-order chi connectivity index (χ1) is 19.9. The van der Waals surface area contributed by atoms with Gasteiger partial charge in [-0.15, -0.1) is 21.5 Å². The standard InChI is InChI=1S/C28H27FN6O4S2/c1-34-25(15-30-27(37)18-8-11-22(38-2)23(13-18)39-3)31-32-28(34)41-16-26(36)35-21(17-6-9-19(29)10-7-17)14-20(33-35)24-5-4-12-40-24/h4-13,21H,14-16H2,1-3H3,(H,30,37)/t21-/m0/s1. The third kappa shape index (κ3) is 6.25. The van der Waals surface area contributed by atoms with Crippen molar-refractivity contribution >= 4 is 40.6 Å². The summed E-state index contributed by atoms with van der Waals surface area (Å²) in [5, 5.41) is 19.8. The van der Waals surface area contributed by atoms with Gasteiger partial charge in [-0.2, -0.15) is 5.10 Å². The van der Waals surface area contributed by atoms with Crippen LogP contribution in [0.5, 0.6) is 11.5 Å². The lowest BCUT2D eigenvalue weighted by atomic mass is 10.0. The molecule has 41 heavy (non-hydrogen) atoms. The summed E-state index contributed by atoms with van der Waals surface area (Å²) in [4.78, 5) is 27.1. The maximum atomic E-state index is 13.6. The molecule has 0 saturated carbocycles. The summed E-state index contributed by atoms with van der Waals surface area (Å²) in [5.41, 5.74) is 2.04. The number of carbonyl (C=O) groups excluding carboxylic acids is 2. The number of hydrogen-bond acceptors (Lipinski definition) is 9. The molecule has 4 aromatic rings. The number of ether oxygens (including phenoxy) is 2. The third-order valence-corrected chi connectivity index (χ3v) is 8.45. The van der Waals surface area contributed by atoms with Crippen molar-refractivity contribution in [1.29, 1.82) is 0 Å². The summed E-state index contributed by atoms with van der Waals surface area (Å²) in [5.74, 6) is 0.729. The number of thiophene rings is 1. The van der Waals surface area contributed by atoms with Crippen LogP contribution in [-0.2, 0) is 18.4 Å². The lowest BCUT2D eigenvalue weighted by molar-refractivity contribution is -0.130. The van der Waals surface area contributed by atoms with E-state index in [1.165, 1.54) is 43.1 Å². The van der Waals surface area contributed by atoms with Gasteiger partial charge < -0.3 is 19.4 Å². The van der Waals surface area contributed by atoms with Gasteiger partial charge in [-0.25, -0.2) is 9.40 Å². The van der Waals surface area contributed by atoms with E-state index in [2.05, 4.69) is 20.6 Å². The smallest absolute Gasteiger partial charge is 0.253 e. The normalized spacial score (nSPS) is 14.6. The molecule has 1 aliphatic heterocycles. The summed E-state index contributed by atoms with van der Waals surface area (Å²) in [7, 11) is 4.80. The molecule has 3 heterocycles. The molecule has 0 aliphatic carbocycles.